The van der Waals surface area contributed by atoms with Crippen molar-refractivity contribution in [3.8, 4) is 0 Å². The summed E-state index contributed by atoms with van der Waals surface area (Å²) in [6.07, 6.45) is 1.95. The van der Waals surface area contributed by atoms with Crippen LogP contribution in [0.3, 0.4) is 0 Å². The van der Waals surface area contributed by atoms with E-state index < -0.39 is 0 Å². The maximum atomic E-state index is 13.0. The molecule has 1 saturated heterocycles. The molecular formula is C27H26N2O2S. The lowest BCUT2D eigenvalue weighted by molar-refractivity contribution is -0.132. The summed E-state index contributed by atoms with van der Waals surface area (Å²) in [5.74, 6) is 0.389. The van der Waals surface area contributed by atoms with E-state index in [-0.39, 0.29) is 17.6 Å². The van der Waals surface area contributed by atoms with Gasteiger partial charge in [-0.25, -0.2) is 0 Å². The summed E-state index contributed by atoms with van der Waals surface area (Å²) in [7, 11) is 0. The fourth-order valence-corrected chi connectivity index (χ4v) is 5.71. The molecule has 0 aliphatic carbocycles. The van der Waals surface area contributed by atoms with Gasteiger partial charge in [0.2, 0.25) is 5.91 Å². The molecule has 0 aromatic heterocycles. The Bertz CT molecular complexity index is 1080. The third-order valence-corrected chi connectivity index (χ3v) is 7.49. The highest BCUT2D eigenvalue weighted by molar-refractivity contribution is 7.99. The van der Waals surface area contributed by atoms with Gasteiger partial charge in [0.15, 0.2) is 5.78 Å². The molecule has 1 amide bonds. The van der Waals surface area contributed by atoms with Crippen LogP contribution in [0.2, 0.25) is 0 Å². The molecule has 2 heterocycles. The van der Waals surface area contributed by atoms with Gasteiger partial charge in [0, 0.05) is 47.3 Å². The van der Waals surface area contributed by atoms with Crippen molar-refractivity contribution in [2.75, 3.05) is 24.5 Å². The van der Waals surface area contributed by atoms with Crippen molar-refractivity contribution >= 4 is 34.8 Å². The van der Waals surface area contributed by atoms with Gasteiger partial charge in [0.25, 0.3) is 0 Å². The van der Waals surface area contributed by atoms with Crippen LogP contribution < -0.4 is 4.90 Å². The minimum atomic E-state index is 0.0133. The van der Waals surface area contributed by atoms with Crippen molar-refractivity contribution < 1.29 is 9.59 Å². The highest BCUT2D eigenvalue weighted by Gasteiger charge is 2.29. The second-order valence-electron chi connectivity index (χ2n) is 8.32. The first-order valence-electron chi connectivity index (χ1n) is 11.2. The Balaban J connectivity index is 1.22. The number of para-hydroxylation sites is 2. The molecule has 0 radical (unpaired) electrons. The molecule has 162 valence electrons. The minimum absolute atomic E-state index is 0.0133. The number of likely N-dealkylation sites (tertiary alicyclic amines) is 1. The Labute approximate surface area is 193 Å². The van der Waals surface area contributed by atoms with Crippen LogP contribution in [0.15, 0.2) is 88.7 Å². The molecule has 32 heavy (non-hydrogen) atoms. The molecule has 0 bridgehead atoms. The number of nitrogens with zero attached hydrogens (tertiary/aromatic N) is 2. The van der Waals surface area contributed by atoms with Gasteiger partial charge in [-0.15, -0.1) is 0 Å². The Hall–Kier alpha value is -3.05. The maximum absolute atomic E-state index is 13.0. The quantitative estimate of drug-likeness (QED) is 0.468. The molecule has 0 N–H and O–H groups in total. The average molecular weight is 443 g/mol. The molecule has 0 spiro atoms. The van der Waals surface area contributed by atoms with Crippen LogP contribution in [0, 0.1) is 5.92 Å². The van der Waals surface area contributed by atoms with Gasteiger partial charge >= 0.3 is 0 Å². The van der Waals surface area contributed by atoms with E-state index in [1.807, 2.05) is 35.2 Å². The fourth-order valence-electron chi connectivity index (χ4n) is 4.62. The summed E-state index contributed by atoms with van der Waals surface area (Å²) in [4.78, 5) is 32.4. The lowest BCUT2D eigenvalue weighted by Crippen LogP contribution is -2.41. The predicted octanol–water partition coefficient (Wildman–Crippen LogP) is 5.80. The average Bonchev–Trinajstić information content (AvgIpc) is 2.86. The van der Waals surface area contributed by atoms with E-state index in [9.17, 15) is 9.59 Å². The van der Waals surface area contributed by atoms with E-state index in [4.69, 9.17) is 0 Å². The monoisotopic (exact) mass is 442 g/mol. The Kier molecular flexibility index (Phi) is 5.99. The topological polar surface area (TPSA) is 40.6 Å². The summed E-state index contributed by atoms with van der Waals surface area (Å²) >= 11 is 1.78. The summed E-state index contributed by atoms with van der Waals surface area (Å²) in [5.41, 5.74) is 3.10. The zero-order chi connectivity index (χ0) is 21.9. The molecule has 4 nitrogen and oxygen atoms in total. The smallest absolute Gasteiger partial charge is 0.224 e. The van der Waals surface area contributed by atoms with Crippen molar-refractivity contribution in [1.29, 1.82) is 0 Å². The third-order valence-electron chi connectivity index (χ3n) is 6.36. The molecule has 5 rings (SSSR count). The van der Waals surface area contributed by atoms with E-state index in [0.717, 1.165) is 29.8 Å². The Morgan fingerprint density at radius 2 is 1.34 bits per heavy atom. The number of anilines is 2. The number of ketones is 1. The van der Waals surface area contributed by atoms with Crippen LogP contribution in [0.5, 0.6) is 0 Å². The van der Waals surface area contributed by atoms with Gasteiger partial charge < -0.3 is 9.80 Å². The first-order valence-corrected chi connectivity index (χ1v) is 12.0. The van der Waals surface area contributed by atoms with Crippen LogP contribution in [0.1, 0.15) is 29.6 Å². The van der Waals surface area contributed by atoms with Crippen LogP contribution >= 0.6 is 11.8 Å². The standard InChI is InChI=1S/C27H26N2O2S/c30-26(28-17-14-21(15-18-28)27(31)20-8-2-1-3-9-20)16-19-29-22-10-4-6-12-24(22)32-25-13-7-5-11-23(25)29/h1-13,21H,14-19H2. The Morgan fingerprint density at radius 3 is 1.97 bits per heavy atom. The van der Waals surface area contributed by atoms with Crippen LogP contribution in [-0.4, -0.2) is 36.2 Å². The number of amides is 1. The fraction of sp³-hybridized carbons (Fsp3) is 0.259. The number of rotatable bonds is 5. The SMILES string of the molecule is O=C(c1ccccc1)C1CCN(C(=O)CCN2c3ccccc3Sc3ccccc32)CC1. The second kappa shape index (κ2) is 9.21. The summed E-state index contributed by atoms with van der Waals surface area (Å²) < 4.78 is 0. The third kappa shape index (κ3) is 4.17. The van der Waals surface area contributed by atoms with Gasteiger partial charge in [0.1, 0.15) is 0 Å². The van der Waals surface area contributed by atoms with Crippen LogP contribution in [-0.2, 0) is 4.79 Å². The Morgan fingerprint density at radius 1 is 0.781 bits per heavy atom. The van der Waals surface area contributed by atoms with Gasteiger partial charge in [-0.1, -0.05) is 66.4 Å². The molecule has 3 aromatic rings. The van der Waals surface area contributed by atoms with Gasteiger partial charge in [-0.3, -0.25) is 9.59 Å². The number of fused-ring (bicyclic) bond motifs is 2. The normalized spacial score (nSPS) is 15.8. The number of carbonyl (C=O) groups excluding carboxylic acids is 2. The second-order valence-corrected chi connectivity index (χ2v) is 9.41. The van der Waals surface area contributed by atoms with Crippen molar-refractivity contribution in [2.45, 2.75) is 29.1 Å². The van der Waals surface area contributed by atoms with E-state index in [1.54, 1.807) is 11.8 Å². The summed E-state index contributed by atoms with van der Waals surface area (Å²) in [6.45, 7) is 1.96. The number of carbonyl (C=O) groups is 2. The van der Waals surface area contributed by atoms with Crippen molar-refractivity contribution in [3.63, 3.8) is 0 Å². The molecular weight excluding hydrogens is 416 g/mol. The molecule has 1 fully saturated rings. The first kappa shape index (κ1) is 20.8. The minimum Gasteiger partial charge on any atom is -0.343 e. The predicted molar refractivity (Wildman–Crippen MR) is 129 cm³/mol. The zero-order valence-electron chi connectivity index (χ0n) is 17.9. The van der Waals surface area contributed by atoms with Crippen LogP contribution in [0.4, 0.5) is 11.4 Å². The number of benzene rings is 3. The lowest BCUT2D eigenvalue weighted by Gasteiger charge is -2.34. The molecule has 5 heteroatoms. The van der Waals surface area contributed by atoms with E-state index >= 15 is 0 Å². The van der Waals surface area contributed by atoms with Crippen molar-refractivity contribution in [1.82, 2.24) is 4.90 Å². The highest BCUT2D eigenvalue weighted by atomic mass is 32.2. The summed E-state index contributed by atoms with van der Waals surface area (Å²) in [5, 5.41) is 0. The molecule has 0 atom stereocenters. The molecule has 2 aliphatic rings. The van der Waals surface area contributed by atoms with Gasteiger partial charge in [0.05, 0.1) is 11.4 Å². The first-order chi connectivity index (χ1) is 15.7. The number of piperidine rings is 1. The molecule has 3 aromatic carbocycles. The highest BCUT2D eigenvalue weighted by Crippen LogP contribution is 2.47. The van der Waals surface area contributed by atoms with E-state index in [2.05, 4.69) is 53.4 Å². The molecule has 0 saturated carbocycles. The molecule has 0 unspecified atom stereocenters. The van der Waals surface area contributed by atoms with E-state index in [0.29, 0.717) is 26.1 Å². The zero-order valence-corrected chi connectivity index (χ0v) is 18.8. The number of Topliss-reactive ketones (excluding diaryl/α,β-unsaturated/α-hetero) is 1. The van der Waals surface area contributed by atoms with Gasteiger partial charge in [-0.05, 0) is 37.1 Å². The maximum Gasteiger partial charge on any atom is 0.224 e. The van der Waals surface area contributed by atoms with E-state index in [1.165, 1.54) is 9.79 Å². The number of hydrogen-bond donors (Lipinski definition) is 0. The van der Waals surface area contributed by atoms with Crippen LogP contribution in [0.25, 0.3) is 0 Å². The largest absolute Gasteiger partial charge is 0.343 e. The summed E-state index contributed by atoms with van der Waals surface area (Å²) in [6, 6.07) is 26.3. The number of hydrogen-bond acceptors (Lipinski definition) is 4. The molecule has 2 aliphatic heterocycles. The van der Waals surface area contributed by atoms with Gasteiger partial charge in [-0.2, -0.15) is 0 Å². The van der Waals surface area contributed by atoms with Crippen molar-refractivity contribution in [3.05, 3.63) is 84.4 Å². The lowest BCUT2D eigenvalue weighted by atomic mass is 9.89. The van der Waals surface area contributed by atoms with Crippen molar-refractivity contribution in [2.24, 2.45) is 5.92 Å².